The van der Waals surface area contributed by atoms with Gasteiger partial charge >= 0.3 is 0 Å². The zero-order valence-electron chi connectivity index (χ0n) is 22.6. The van der Waals surface area contributed by atoms with Crippen LogP contribution in [0.4, 0.5) is 11.4 Å². The van der Waals surface area contributed by atoms with E-state index < -0.39 is 23.7 Å². The molecule has 0 aliphatic rings. The number of nitriles is 1. The van der Waals surface area contributed by atoms with E-state index in [0.717, 1.165) is 0 Å². The number of primary amides is 1. The number of nitrogens with zero attached hydrogens (tertiary/aromatic N) is 2. The van der Waals surface area contributed by atoms with Crippen LogP contribution in [0.1, 0.15) is 55.4 Å². The highest BCUT2D eigenvalue weighted by Crippen LogP contribution is 2.35. The Morgan fingerprint density at radius 3 is 2.33 bits per heavy atom. The predicted molar refractivity (Wildman–Crippen MR) is 157 cm³/mol. The smallest absolute Gasteiger partial charge is 0.278 e. The standard InChI is InChI=1S/C32H23N5O6/c1-17(38)35-25-10-6-5-9-20(25)21-14-24-27(15-22(21)31(34)41)43-37-28(24)32(42)36-26-12-11-18(16-33)13-23(26)30(40)29(39)19-7-3-2-4-8-19/h2-15,30,40H,1H3,(H2,34,41)(H,35,38)(H,36,42). The Balaban J connectivity index is 1.56. The van der Waals surface area contributed by atoms with E-state index in [9.17, 15) is 29.5 Å². The van der Waals surface area contributed by atoms with Crippen LogP contribution in [-0.4, -0.2) is 33.8 Å². The van der Waals surface area contributed by atoms with Gasteiger partial charge in [-0.05, 0) is 42.0 Å². The van der Waals surface area contributed by atoms with Gasteiger partial charge in [-0.25, -0.2) is 0 Å². The molecule has 1 heterocycles. The molecule has 0 spiro atoms. The number of nitrogens with two attached hydrogens (primary N) is 1. The van der Waals surface area contributed by atoms with Crippen LogP contribution in [0, 0.1) is 11.3 Å². The van der Waals surface area contributed by atoms with Crippen molar-refractivity contribution >= 4 is 45.8 Å². The van der Waals surface area contributed by atoms with Crippen LogP contribution >= 0.6 is 0 Å². The number of aliphatic hydroxyl groups is 1. The number of rotatable bonds is 8. The minimum Gasteiger partial charge on any atom is -0.380 e. The summed E-state index contributed by atoms with van der Waals surface area (Å²) < 4.78 is 5.36. The summed E-state index contributed by atoms with van der Waals surface area (Å²) in [6.45, 7) is 1.35. The van der Waals surface area contributed by atoms with Crippen molar-refractivity contribution in [2.45, 2.75) is 13.0 Å². The molecule has 43 heavy (non-hydrogen) atoms. The number of aliphatic hydroxyl groups excluding tert-OH is 1. The van der Waals surface area contributed by atoms with Crippen molar-refractivity contribution in [2.24, 2.45) is 5.73 Å². The number of aromatic nitrogens is 1. The van der Waals surface area contributed by atoms with E-state index in [1.165, 1.54) is 37.3 Å². The third kappa shape index (κ3) is 5.72. The molecule has 4 aromatic carbocycles. The Labute approximate surface area is 244 Å². The molecule has 5 N–H and O–H groups in total. The maximum Gasteiger partial charge on any atom is 0.278 e. The van der Waals surface area contributed by atoms with Gasteiger partial charge in [-0.15, -0.1) is 0 Å². The summed E-state index contributed by atoms with van der Waals surface area (Å²) in [7, 11) is 0. The Morgan fingerprint density at radius 2 is 1.63 bits per heavy atom. The number of ketones is 1. The van der Waals surface area contributed by atoms with Gasteiger partial charge in [0.25, 0.3) is 5.91 Å². The SMILES string of the molecule is CC(=O)Nc1ccccc1-c1cc2c(C(=O)Nc3ccc(C#N)cc3C(O)C(=O)c3ccccc3)noc2cc1C(N)=O. The van der Waals surface area contributed by atoms with E-state index in [1.54, 1.807) is 54.6 Å². The number of fused-ring (bicyclic) bond motifs is 1. The van der Waals surface area contributed by atoms with E-state index >= 15 is 0 Å². The number of Topliss-reactive ketones (excluding diaryl/α,β-unsaturated/α-hetero) is 1. The number of anilines is 2. The largest absolute Gasteiger partial charge is 0.380 e. The Bertz CT molecular complexity index is 1960. The molecule has 11 heteroatoms. The highest BCUT2D eigenvalue weighted by molar-refractivity contribution is 6.14. The van der Waals surface area contributed by atoms with E-state index in [0.29, 0.717) is 16.8 Å². The number of hydrogen-bond acceptors (Lipinski definition) is 8. The molecule has 1 aromatic heterocycles. The highest BCUT2D eigenvalue weighted by atomic mass is 16.5. The van der Waals surface area contributed by atoms with Crippen LogP contribution in [0.15, 0.2) is 89.5 Å². The van der Waals surface area contributed by atoms with Crippen molar-refractivity contribution < 1.29 is 28.8 Å². The van der Waals surface area contributed by atoms with Crippen molar-refractivity contribution in [3.8, 4) is 17.2 Å². The maximum absolute atomic E-state index is 13.5. The summed E-state index contributed by atoms with van der Waals surface area (Å²) >= 11 is 0. The van der Waals surface area contributed by atoms with E-state index in [2.05, 4.69) is 15.8 Å². The van der Waals surface area contributed by atoms with Crippen LogP contribution < -0.4 is 16.4 Å². The van der Waals surface area contributed by atoms with Gasteiger partial charge in [0.05, 0.1) is 22.6 Å². The first-order valence-electron chi connectivity index (χ1n) is 12.9. The second-order valence-electron chi connectivity index (χ2n) is 9.52. The van der Waals surface area contributed by atoms with Gasteiger partial charge in [0.2, 0.25) is 11.8 Å². The average Bonchev–Trinajstić information content (AvgIpc) is 3.43. The second-order valence-corrected chi connectivity index (χ2v) is 9.52. The third-order valence-corrected chi connectivity index (χ3v) is 6.65. The highest BCUT2D eigenvalue weighted by Gasteiger charge is 2.26. The minimum absolute atomic E-state index is 0.00925. The first-order valence-corrected chi connectivity index (χ1v) is 12.9. The average molecular weight is 574 g/mol. The van der Waals surface area contributed by atoms with Crippen LogP contribution in [0.3, 0.4) is 0 Å². The predicted octanol–water partition coefficient (Wildman–Crippen LogP) is 4.59. The number of amides is 3. The summed E-state index contributed by atoms with van der Waals surface area (Å²) in [4.78, 5) is 50.7. The fourth-order valence-corrected chi connectivity index (χ4v) is 4.65. The summed E-state index contributed by atoms with van der Waals surface area (Å²) in [5.74, 6) is -2.47. The van der Waals surface area contributed by atoms with Gasteiger partial charge in [-0.1, -0.05) is 53.7 Å². The molecule has 0 aliphatic heterocycles. The summed E-state index contributed by atoms with van der Waals surface area (Å²) in [6, 6.07) is 23.8. The number of carbonyl (C=O) groups is 4. The molecular weight excluding hydrogens is 550 g/mol. The molecule has 212 valence electrons. The molecule has 3 amide bonds. The lowest BCUT2D eigenvalue weighted by Crippen LogP contribution is -2.18. The van der Waals surface area contributed by atoms with Crippen LogP contribution in [0.5, 0.6) is 0 Å². The van der Waals surface area contributed by atoms with Gasteiger partial charge < -0.3 is 26.0 Å². The van der Waals surface area contributed by atoms with E-state index in [-0.39, 0.29) is 50.5 Å². The number of para-hydroxylation sites is 1. The summed E-state index contributed by atoms with van der Waals surface area (Å²) in [5.41, 5.74) is 7.37. The van der Waals surface area contributed by atoms with Gasteiger partial charge in [0.1, 0.15) is 6.10 Å². The van der Waals surface area contributed by atoms with Crippen LogP contribution in [-0.2, 0) is 4.79 Å². The lowest BCUT2D eigenvalue weighted by molar-refractivity contribution is -0.114. The second kappa shape index (κ2) is 11.8. The van der Waals surface area contributed by atoms with Crippen molar-refractivity contribution in [3.63, 3.8) is 0 Å². The number of carbonyl (C=O) groups excluding carboxylic acids is 4. The van der Waals surface area contributed by atoms with Crippen LogP contribution in [0.2, 0.25) is 0 Å². The zero-order chi connectivity index (χ0) is 30.7. The third-order valence-electron chi connectivity index (χ3n) is 6.65. The minimum atomic E-state index is -1.69. The molecule has 0 saturated carbocycles. The fraction of sp³-hybridized carbons (Fsp3) is 0.0625. The first kappa shape index (κ1) is 28.4. The zero-order valence-corrected chi connectivity index (χ0v) is 22.6. The normalized spacial score (nSPS) is 11.4. The van der Waals surface area contributed by atoms with Crippen molar-refractivity contribution in [2.75, 3.05) is 10.6 Å². The quantitative estimate of drug-likeness (QED) is 0.194. The fourth-order valence-electron chi connectivity index (χ4n) is 4.65. The molecule has 1 unspecified atom stereocenters. The molecule has 1 atom stereocenters. The molecule has 0 aliphatic carbocycles. The number of nitrogens with one attached hydrogen (secondary N) is 2. The van der Waals surface area contributed by atoms with Crippen molar-refractivity contribution in [3.05, 3.63) is 113 Å². The molecule has 0 radical (unpaired) electrons. The van der Waals surface area contributed by atoms with Gasteiger partial charge in [0, 0.05) is 35.0 Å². The first-order chi connectivity index (χ1) is 20.7. The summed E-state index contributed by atoms with van der Waals surface area (Å²) in [6.07, 6.45) is -1.69. The molecule has 0 bridgehead atoms. The maximum atomic E-state index is 13.5. The van der Waals surface area contributed by atoms with Crippen molar-refractivity contribution in [1.29, 1.82) is 5.26 Å². The van der Waals surface area contributed by atoms with Gasteiger partial charge in [-0.3, -0.25) is 19.2 Å². The lowest BCUT2D eigenvalue weighted by atomic mass is 9.95. The van der Waals surface area contributed by atoms with Gasteiger partial charge in [-0.2, -0.15) is 5.26 Å². The number of benzene rings is 4. The molecule has 5 rings (SSSR count). The van der Waals surface area contributed by atoms with Crippen molar-refractivity contribution in [1.82, 2.24) is 5.16 Å². The monoisotopic (exact) mass is 573 g/mol. The molecular formula is C32H23N5O6. The number of hydrogen-bond donors (Lipinski definition) is 4. The Morgan fingerprint density at radius 1 is 0.907 bits per heavy atom. The molecule has 11 nitrogen and oxygen atoms in total. The van der Waals surface area contributed by atoms with Crippen LogP contribution in [0.25, 0.3) is 22.1 Å². The van der Waals surface area contributed by atoms with Gasteiger partial charge in [0.15, 0.2) is 17.1 Å². The Kier molecular flexibility index (Phi) is 7.78. The molecule has 5 aromatic rings. The topological polar surface area (TPSA) is 188 Å². The molecule has 0 fully saturated rings. The molecule has 0 saturated heterocycles. The Hall–Kier alpha value is -6.12. The lowest BCUT2D eigenvalue weighted by Gasteiger charge is -2.16. The van der Waals surface area contributed by atoms with E-state index in [4.69, 9.17) is 10.3 Å². The summed E-state index contributed by atoms with van der Waals surface area (Å²) in [5, 5.41) is 29.9. The van der Waals surface area contributed by atoms with E-state index in [1.807, 2.05) is 6.07 Å².